The predicted molar refractivity (Wildman–Crippen MR) is 66.5 cm³/mol. The van der Waals surface area contributed by atoms with Gasteiger partial charge in [0, 0.05) is 6.61 Å². The summed E-state index contributed by atoms with van der Waals surface area (Å²) in [5.74, 6) is 0.875. The Bertz CT molecular complexity index is 264. The Balaban J connectivity index is 1.97. The maximum atomic E-state index is 12.0. The van der Waals surface area contributed by atoms with E-state index < -0.39 is 0 Å². The lowest BCUT2D eigenvalue weighted by Crippen LogP contribution is -2.48. The summed E-state index contributed by atoms with van der Waals surface area (Å²) in [6, 6.07) is 0.183. The van der Waals surface area contributed by atoms with Crippen molar-refractivity contribution in [1.82, 2.24) is 10.2 Å². The van der Waals surface area contributed by atoms with E-state index in [0.29, 0.717) is 25.7 Å². The Kier molecular flexibility index (Phi) is 4.40. The second-order valence-corrected chi connectivity index (χ2v) is 5.18. The first kappa shape index (κ1) is 12.8. The van der Waals surface area contributed by atoms with Crippen LogP contribution in [-0.4, -0.2) is 42.8 Å². The van der Waals surface area contributed by atoms with Gasteiger partial charge >= 0.3 is 0 Å². The highest BCUT2D eigenvalue weighted by Gasteiger charge is 2.39. The molecule has 0 aromatic heterocycles. The highest BCUT2D eigenvalue weighted by molar-refractivity contribution is 5.81. The molecular formula is C13H24N2O2. The molecule has 0 aromatic carbocycles. The first-order valence-electron chi connectivity index (χ1n) is 6.86. The summed E-state index contributed by atoms with van der Waals surface area (Å²) in [6.07, 6.45) is 5.38. The van der Waals surface area contributed by atoms with Gasteiger partial charge in [0.15, 0.2) is 0 Å². The molecule has 1 heterocycles. The van der Waals surface area contributed by atoms with E-state index in [1.54, 1.807) is 0 Å². The fourth-order valence-corrected chi connectivity index (χ4v) is 3.09. The molecule has 1 saturated carbocycles. The molecule has 4 nitrogen and oxygen atoms in total. The van der Waals surface area contributed by atoms with Crippen molar-refractivity contribution < 1.29 is 9.53 Å². The Labute approximate surface area is 104 Å². The van der Waals surface area contributed by atoms with Crippen LogP contribution in [0, 0.1) is 5.92 Å². The summed E-state index contributed by atoms with van der Waals surface area (Å²) < 4.78 is 5.45. The summed E-state index contributed by atoms with van der Waals surface area (Å²) in [7, 11) is 0. The van der Waals surface area contributed by atoms with Crippen LogP contribution in [-0.2, 0) is 9.53 Å². The lowest BCUT2D eigenvalue weighted by atomic mass is 10.0. The van der Waals surface area contributed by atoms with E-state index in [9.17, 15) is 4.79 Å². The Hall–Kier alpha value is -0.610. The van der Waals surface area contributed by atoms with Crippen LogP contribution >= 0.6 is 0 Å². The fraction of sp³-hybridized carbons (Fsp3) is 0.923. The van der Waals surface area contributed by atoms with E-state index in [4.69, 9.17) is 4.74 Å². The van der Waals surface area contributed by atoms with Crippen LogP contribution < -0.4 is 5.32 Å². The summed E-state index contributed by atoms with van der Waals surface area (Å²) in [5, 5.41) is 3.38. The van der Waals surface area contributed by atoms with E-state index in [1.165, 1.54) is 25.7 Å². The molecule has 4 heteroatoms. The number of carbonyl (C=O) groups excluding carboxylic acids is 1. The number of hydrogen-bond acceptors (Lipinski definition) is 3. The third-order valence-electron chi connectivity index (χ3n) is 3.93. The second-order valence-electron chi connectivity index (χ2n) is 5.18. The van der Waals surface area contributed by atoms with E-state index in [-0.39, 0.29) is 18.1 Å². The lowest BCUT2D eigenvalue weighted by Gasteiger charge is -2.33. The van der Waals surface area contributed by atoms with Crippen LogP contribution in [0.4, 0.5) is 0 Å². The minimum absolute atomic E-state index is 0.183. The van der Waals surface area contributed by atoms with Crippen LogP contribution in [0.25, 0.3) is 0 Å². The minimum atomic E-state index is 0.183. The van der Waals surface area contributed by atoms with Crippen LogP contribution in [0.5, 0.6) is 0 Å². The van der Waals surface area contributed by atoms with E-state index >= 15 is 0 Å². The highest BCUT2D eigenvalue weighted by atomic mass is 16.5. The molecule has 1 amide bonds. The third kappa shape index (κ3) is 2.80. The van der Waals surface area contributed by atoms with Gasteiger partial charge in [0.05, 0.1) is 25.4 Å². The summed E-state index contributed by atoms with van der Waals surface area (Å²) in [4.78, 5) is 14.0. The molecule has 0 aromatic rings. The van der Waals surface area contributed by atoms with Gasteiger partial charge in [0.1, 0.15) is 0 Å². The van der Waals surface area contributed by atoms with Gasteiger partial charge in [0.25, 0.3) is 0 Å². The van der Waals surface area contributed by atoms with Crippen molar-refractivity contribution in [1.29, 1.82) is 0 Å². The van der Waals surface area contributed by atoms with Gasteiger partial charge in [-0.1, -0.05) is 12.8 Å². The standard InChI is InChI=1S/C13H24N2O2/c1-3-17-9-10(2)15-12(16)8-14-13(15)11-6-4-5-7-11/h10-11,13-14H,3-9H2,1-2H3. The molecule has 0 bridgehead atoms. The Morgan fingerprint density at radius 3 is 2.82 bits per heavy atom. The molecule has 2 atom stereocenters. The number of rotatable bonds is 5. The first-order valence-corrected chi connectivity index (χ1v) is 6.86. The molecule has 1 aliphatic carbocycles. The second kappa shape index (κ2) is 5.83. The van der Waals surface area contributed by atoms with E-state index in [1.807, 2.05) is 11.8 Å². The fourth-order valence-electron chi connectivity index (χ4n) is 3.09. The topological polar surface area (TPSA) is 41.6 Å². The van der Waals surface area contributed by atoms with Gasteiger partial charge in [-0.25, -0.2) is 0 Å². The van der Waals surface area contributed by atoms with Gasteiger partial charge in [-0.05, 0) is 32.6 Å². The molecule has 2 fully saturated rings. The zero-order chi connectivity index (χ0) is 12.3. The molecule has 2 unspecified atom stereocenters. The van der Waals surface area contributed by atoms with Gasteiger partial charge in [-0.3, -0.25) is 10.1 Å². The van der Waals surface area contributed by atoms with Crippen molar-refractivity contribution in [3.63, 3.8) is 0 Å². The first-order chi connectivity index (χ1) is 8.24. The molecule has 1 saturated heterocycles. The number of hydrogen-bond donors (Lipinski definition) is 1. The van der Waals surface area contributed by atoms with E-state index in [0.717, 1.165) is 0 Å². The molecule has 98 valence electrons. The summed E-state index contributed by atoms with van der Waals surface area (Å²) >= 11 is 0. The highest BCUT2D eigenvalue weighted by Crippen LogP contribution is 2.31. The quantitative estimate of drug-likeness (QED) is 0.789. The lowest BCUT2D eigenvalue weighted by molar-refractivity contribution is -0.132. The number of nitrogens with zero attached hydrogens (tertiary/aromatic N) is 1. The normalized spacial score (nSPS) is 28.0. The van der Waals surface area contributed by atoms with Gasteiger partial charge in [0.2, 0.25) is 5.91 Å². The average molecular weight is 240 g/mol. The molecule has 0 radical (unpaired) electrons. The van der Waals surface area contributed by atoms with Crippen molar-refractivity contribution in [2.45, 2.75) is 51.7 Å². The van der Waals surface area contributed by atoms with Crippen molar-refractivity contribution in [2.24, 2.45) is 5.92 Å². The maximum Gasteiger partial charge on any atom is 0.238 e. The van der Waals surface area contributed by atoms with Crippen LogP contribution in [0.3, 0.4) is 0 Å². The van der Waals surface area contributed by atoms with Gasteiger partial charge in [-0.15, -0.1) is 0 Å². The molecule has 0 spiro atoms. The van der Waals surface area contributed by atoms with Crippen molar-refractivity contribution >= 4 is 5.91 Å². The molecule has 2 aliphatic rings. The predicted octanol–water partition coefficient (Wildman–Crippen LogP) is 1.36. The zero-order valence-corrected chi connectivity index (χ0v) is 10.9. The van der Waals surface area contributed by atoms with Gasteiger partial charge in [-0.2, -0.15) is 0 Å². The third-order valence-corrected chi connectivity index (χ3v) is 3.93. The molecule has 17 heavy (non-hydrogen) atoms. The SMILES string of the molecule is CCOCC(C)N1C(=O)CNC1C1CCCC1. The van der Waals surface area contributed by atoms with Crippen LogP contribution in [0.2, 0.25) is 0 Å². The smallest absolute Gasteiger partial charge is 0.238 e. The molecule has 2 rings (SSSR count). The van der Waals surface area contributed by atoms with Crippen molar-refractivity contribution in [2.75, 3.05) is 19.8 Å². The minimum Gasteiger partial charge on any atom is -0.380 e. The largest absolute Gasteiger partial charge is 0.380 e. The molecular weight excluding hydrogens is 216 g/mol. The van der Waals surface area contributed by atoms with Crippen molar-refractivity contribution in [3.8, 4) is 0 Å². The Morgan fingerprint density at radius 2 is 2.18 bits per heavy atom. The van der Waals surface area contributed by atoms with Crippen LogP contribution in [0.15, 0.2) is 0 Å². The molecule has 1 N–H and O–H groups in total. The summed E-state index contributed by atoms with van der Waals surface area (Å²) in [5.41, 5.74) is 0. The van der Waals surface area contributed by atoms with E-state index in [2.05, 4.69) is 12.2 Å². The number of carbonyl (C=O) groups is 1. The molecule has 1 aliphatic heterocycles. The maximum absolute atomic E-state index is 12.0. The van der Waals surface area contributed by atoms with Gasteiger partial charge < -0.3 is 9.64 Å². The average Bonchev–Trinajstić information content (AvgIpc) is 2.94. The van der Waals surface area contributed by atoms with Crippen molar-refractivity contribution in [3.05, 3.63) is 0 Å². The number of nitrogens with one attached hydrogen (secondary N) is 1. The summed E-state index contributed by atoms with van der Waals surface area (Å²) in [6.45, 7) is 5.94. The zero-order valence-electron chi connectivity index (χ0n) is 10.9. The van der Waals surface area contributed by atoms with Crippen LogP contribution in [0.1, 0.15) is 39.5 Å². The Morgan fingerprint density at radius 1 is 1.47 bits per heavy atom. The monoisotopic (exact) mass is 240 g/mol. The number of ether oxygens (including phenoxy) is 1. The number of amides is 1.